The molecule has 1 N–H and O–H groups in total. The van der Waals surface area contributed by atoms with Crippen molar-refractivity contribution < 1.29 is 9.90 Å². The van der Waals surface area contributed by atoms with Gasteiger partial charge in [-0.3, -0.25) is 9.69 Å². The topological polar surface area (TPSA) is 59.9 Å². The average molecular weight is 395 g/mol. The molecule has 7 heteroatoms. The molecule has 1 aromatic heterocycles. The second-order valence-corrected chi connectivity index (χ2v) is 8.89. The zero-order chi connectivity index (χ0) is 19.2. The Morgan fingerprint density at radius 2 is 2.07 bits per heavy atom. The van der Waals surface area contributed by atoms with Gasteiger partial charge in [-0.2, -0.15) is 0 Å². The van der Waals surface area contributed by atoms with E-state index in [2.05, 4.69) is 28.8 Å². The van der Waals surface area contributed by atoms with Crippen molar-refractivity contribution in [3.63, 3.8) is 0 Å². The molecule has 0 spiro atoms. The molecule has 27 heavy (non-hydrogen) atoms. The van der Waals surface area contributed by atoms with E-state index in [4.69, 9.17) is 0 Å². The number of aromatic nitrogens is 1. The number of aliphatic hydroxyl groups excluding tert-OH is 1. The number of carbonyl (C=O) groups is 1. The molecule has 1 aromatic rings. The van der Waals surface area contributed by atoms with Crippen LogP contribution in [-0.2, 0) is 6.42 Å². The quantitative estimate of drug-likeness (QED) is 0.766. The Bertz CT molecular complexity index is 601. The van der Waals surface area contributed by atoms with Crippen LogP contribution in [0.1, 0.15) is 48.1 Å². The van der Waals surface area contributed by atoms with Crippen molar-refractivity contribution in [2.24, 2.45) is 5.92 Å². The predicted octanol–water partition coefficient (Wildman–Crippen LogP) is 1.95. The molecule has 2 aliphatic rings. The van der Waals surface area contributed by atoms with E-state index in [0.717, 1.165) is 76.4 Å². The van der Waals surface area contributed by atoms with Crippen LogP contribution < -0.4 is 0 Å². The first-order valence-electron chi connectivity index (χ1n) is 10.4. The highest BCUT2D eigenvalue weighted by Gasteiger charge is 2.36. The highest BCUT2D eigenvalue weighted by Crippen LogP contribution is 2.28. The van der Waals surface area contributed by atoms with Crippen molar-refractivity contribution in [2.75, 3.05) is 52.9 Å². The molecule has 0 aromatic carbocycles. The van der Waals surface area contributed by atoms with Crippen LogP contribution >= 0.6 is 11.3 Å². The van der Waals surface area contributed by atoms with Crippen LogP contribution in [-0.4, -0.2) is 89.7 Å². The maximum Gasteiger partial charge on any atom is 0.273 e. The first-order chi connectivity index (χ1) is 13.1. The minimum Gasteiger partial charge on any atom is -0.396 e. The minimum absolute atomic E-state index is 0.0828. The first-order valence-corrected chi connectivity index (χ1v) is 11.3. The summed E-state index contributed by atoms with van der Waals surface area (Å²) in [6.45, 7) is 8.41. The SMILES string of the molecule is CCCc1nc(C(=O)N2CC[C@@H](N3CCN(C)CC3)[C@@H](CCCO)C2)cs1. The third-order valence-electron chi connectivity index (χ3n) is 5.96. The summed E-state index contributed by atoms with van der Waals surface area (Å²) in [6, 6.07) is 0.528. The second kappa shape index (κ2) is 9.96. The van der Waals surface area contributed by atoms with E-state index in [0.29, 0.717) is 17.7 Å². The van der Waals surface area contributed by atoms with Gasteiger partial charge in [-0.15, -0.1) is 11.3 Å². The lowest BCUT2D eigenvalue weighted by atomic mass is 9.86. The summed E-state index contributed by atoms with van der Waals surface area (Å²) in [5.74, 6) is 0.520. The van der Waals surface area contributed by atoms with E-state index in [1.807, 2.05) is 10.3 Å². The summed E-state index contributed by atoms with van der Waals surface area (Å²) in [7, 11) is 2.18. The summed E-state index contributed by atoms with van der Waals surface area (Å²) < 4.78 is 0. The first kappa shape index (κ1) is 20.7. The average Bonchev–Trinajstić information content (AvgIpc) is 3.15. The Morgan fingerprint density at radius 3 is 2.78 bits per heavy atom. The molecule has 0 aliphatic carbocycles. The summed E-state index contributed by atoms with van der Waals surface area (Å²) in [4.78, 5) is 24.5. The fraction of sp³-hybridized carbons (Fsp3) is 0.800. The van der Waals surface area contributed by atoms with E-state index >= 15 is 0 Å². The lowest BCUT2D eigenvalue weighted by Gasteiger charge is -2.46. The number of nitrogens with zero attached hydrogens (tertiary/aromatic N) is 4. The lowest BCUT2D eigenvalue weighted by molar-refractivity contribution is 0.0215. The van der Waals surface area contributed by atoms with Crippen molar-refractivity contribution in [3.05, 3.63) is 16.1 Å². The predicted molar refractivity (Wildman–Crippen MR) is 109 cm³/mol. The molecule has 2 atom stereocenters. The van der Waals surface area contributed by atoms with Crippen LogP contribution in [0.5, 0.6) is 0 Å². The molecule has 0 radical (unpaired) electrons. The third-order valence-corrected chi connectivity index (χ3v) is 6.86. The van der Waals surface area contributed by atoms with E-state index < -0.39 is 0 Å². The van der Waals surface area contributed by atoms with Crippen LogP contribution in [0.25, 0.3) is 0 Å². The molecule has 1 amide bonds. The normalized spacial score (nSPS) is 25.1. The third kappa shape index (κ3) is 5.28. The second-order valence-electron chi connectivity index (χ2n) is 7.95. The number of piperidine rings is 1. The van der Waals surface area contributed by atoms with Crippen LogP contribution in [0.2, 0.25) is 0 Å². The molecule has 2 fully saturated rings. The maximum atomic E-state index is 13.0. The summed E-state index contributed by atoms with van der Waals surface area (Å²) in [6.07, 6.45) is 4.82. The van der Waals surface area contributed by atoms with Gasteiger partial charge < -0.3 is 14.9 Å². The van der Waals surface area contributed by atoms with Crippen molar-refractivity contribution in [2.45, 2.75) is 45.1 Å². The van der Waals surface area contributed by atoms with Gasteiger partial charge in [0.05, 0.1) is 5.01 Å². The van der Waals surface area contributed by atoms with Gasteiger partial charge in [-0.25, -0.2) is 4.98 Å². The van der Waals surface area contributed by atoms with Gasteiger partial charge in [0, 0.05) is 57.3 Å². The highest BCUT2D eigenvalue weighted by atomic mass is 32.1. The van der Waals surface area contributed by atoms with Crippen molar-refractivity contribution in [1.29, 1.82) is 0 Å². The fourth-order valence-corrected chi connectivity index (χ4v) is 5.25. The van der Waals surface area contributed by atoms with Gasteiger partial charge in [0.15, 0.2) is 0 Å². The minimum atomic E-state index is 0.0828. The van der Waals surface area contributed by atoms with Gasteiger partial charge in [0.1, 0.15) is 5.69 Å². The largest absolute Gasteiger partial charge is 0.396 e. The number of hydrogen-bond acceptors (Lipinski definition) is 6. The molecule has 3 heterocycles. The van der Waals surface area contributed by atoms with Crippen LogP contribution in [0.4, 0.5) is 0 Å². The van der Waals surface area contributed by atoms with Crippen molar-refractivity contribution in [3.8, 4) is 0 Å². The van der Waals surface area contributed by atoms with Gasteiger partial charge in [0.2, 0.25) is 0 Å². The highest BCUT2D eigenvalue weighted by molar-refractivity contribution is 7.09. The Balaban J connectivity index is 1.64. The molecule has 0 saturated carbocycles. The van der Waals surface area contributed by atoms with Crippen molar-refractivity contribution >= 4 is 17.2 Å². The number of amides is 1. The molecule has 3 rings (SSSR count). The molecular formula is C20H34N4O2S. The maximum absolute atomic E-state index is 13.0. The number of piperazine rings is 1. The number of likely N-dealkylation sites (N-methyl/N-ethyl adjacent to an activating group) is 1. The number of likely N-dealkylation sites (tertiary alicyclic amines) is 1. The standard InChI is InChI=1S/C20H34N4O2S/c1-3-5-19-21-17(15-27-19)20(26)24-8-7-18(16(14-24)6-4-13-25)23-11-9-22(2)10-12-23/h15-16,18,25H,3-14H2,1-2H3/t16-,18+/m0/s1. The zero-order valence-electron chi connectivity index (χ0n) is 16.8. The zero-order valence-corrected chi connectivity index (χ0v) is 17.6. The lowest BCUT2D eigenvalue weighted by Crippen LogP contribution is -2.57. The summed E-state index contributed by atoms with van der Waals surface area (Å²) >= 11 is 1.60. The Morgan fingerprint density at radius 1 is 1.30 bits per heavy atom. The molecule has 0 bridgehead atoms. The molecule has 2 saturated heterocycles. The Kier molecular flexibility index (Phi) is 7.64. The smallest absolute Gasteiger partial charge is 0.273 e. The molecule has 2 aliphatic heterocycles. The van der Waals surface area contributed by atoms with Crippen molar-refractivity contribution in [1.82, 2.24) is 19.7 Å². The van der Waals surface area contributed by atoms with Gasteiger partial charge in [-0.05, 0) is 45.1 Å². The molecule has 6 nitrogen and oxygen atoms in total. The number of carbonyl (C=O) groups excluding carboxylic acids is 1. The summed E-state index contributed by atoms with van der Waals surface area (Å²) in [5, 5.41) is 12.3. The number of thiazole rings is 1. The Labute approximate surface area is 167 Å². The molecular weight excluding hydrogens is 360 g/mol. The van der Waals surface area contributed by atoms with Crippen LogP contribution in [0.3, 0.4) is 0 Å². The Hall–Kier alpha value is -1.02. The molecule has 152 valence electrons. The number of hydrogen-bond donors (Lipinski definition) is 1. The van der Waals surface area contributed by atoms with Crippen LogP contribution in [0.15, 0.2) is 5.38 Å². The number of rotatable bonds is 7. The van der Waals surface area contributed by atoms with Gasteiger partial charge in [0.25, 0.3) is 5.91 Å². The van der Waals surface area contributed by atoms with Gasteiger partial charge in [-0.1, -0.05) is 6.92 Å². The van der Waals surface area contributed by atoms with E-state index in [9.17, 15) is 9.90 Å². The van der Waals surface area contributed by atoms with Crippen LogP contribution in [0, 0.1) is 5.92 Å². The van der Waals surface area contributed by atoms with E-state index in [1.165, 1.54) is 0 Å². The number of aryl methyl sites for hydroxylation is 1. The van der Waals surface area contributed by atoms with Gasteiger partial charge >= 0.3 is 0 Å². The van der Waals surface area contributed by atoms with E-state index in [1.54, 1.807) is 11.3 Å². The summed E-state index contributed by atoms with van der Waals surface area (Å²) in [5.41, 5.74) is 0.613. The number of aliphatic hydroxyl groups is 1. The monoisotopic (exact) mass is 394 g/mol. The fourth-order valence-electron chi connectivity index (χ4n) is 4.38. The molecule has 0 unspecified atom stereocenters. The van der Waals surface area contributed by atoms with E-state index in [-0.39, 0.29) is 12.5 Å².